The first-order valence-corrected chi connectivity index (χ1v) is 8.46. The molecule has 1 amide bonds. The van der Waals surface area contributed by atoms with E-state index in [0.717, 1.165) is 17.4 Å². The molecule has 0 saturated carbocycles. The maximum Gasteiger partial charge on any atom is 0.254 e. The molecular weight excluding hydrogens is 345 g/mol. The van der Waals surface area contributed by atoms with E-state index in [9.17, 15) is 9.18 Å². The average molecular weight is 364 g/mol. The van der Waals surface area contributed by atoms with E-state index in [1.54, 1.807) is 4.90 Å². The van der Waals surface area contributed by atoms with Crippen LogP contribution in [-0.2, 0) is 4.74 Å². The summed E-state index contributed by atoms with van der Waals surface area (Å²) in [5.74, 6) is -0.0725. The van der Waals surface area contributed by atoms with Crippen molar-refractivity contribution in [3.05, 3.63) is 64.4 Å². The Hall–Kier alpha value is -2.11. The topological polar surface area (TPSA) is 38.8 Å². The highest BCUT2D eigenvalue weighted by Crippen LogP contribution is 2.18. The highest BCUT2D eigenvalue weighted by molar-refractivity contribution is 6.30. The number of amides is 1. The average Bonchev–Trinajstić information content (AvgIpc) is 2.63. The molecule has 6 heteroatoms. The van der Waals surface area contributed by atoms with Crippen LogP contribution in [0.25, 0.3) is 0 Å². The highest BCUT2D eigenvalue weighted by atomic mass is 35.5. The van der Waals surface area contributed by atoms with Crippen LogP contribution in [0.1, 0.15) is 15.9 Å². The number of nitrogens with zero attached hydrogens (tertiary/aromatic N) is 1. The van der Waals surface area contributed by atoms with Gasteiger partial charge in [-0.25, -0.2) is 4.39 Å². The highest BCUT2D eigenvalue weighted by Gasteiger charge is 2.26. The monoisotopic (exact) mass is 363 g/mol. The Balaban J connectivity index is 1.59. The summed E-state index contributed by atoms with van der Waals surface area (Å²) in [7, 11) is 0. The number of ether oxygens (including phenoxy) is 2. The van der Waals surface area contributed by atoms with Crippen LogP contribution in [0.3, 0.4) is 0 Å². The minimum atomic E-state index is -0.597. The summed E-state index contributed by atoms with van der Waals surface area (Å²) >= 11 is 5.67. The Morgan fingerprint density at radius 1 is 1.32 bits per heavy atom. The van der Waals surface area contributed by atoms with E-state index in [1.165, 1.54) is 12.1 Å². The van der Waals surface area contributed by atoms with Gasteiger partial charge in [-0.05, 0) is 37.3 Å². The maximum absolute atomic E-state index is 13.6. The fourth-order valence-electron chi connectivity index (χ4n) is 2.64. The third-order valence-electron chi connectivity index (χ3n) is 4.05. The standard InChI is InChI=1S/C19H19ClFNO3/c1-13-2-5-15(6-3-13)25-12-16-11-22(8-9-24-16)19(23)14-4-7-17(20)18(21)10-14/h2-7,10,16H,8-9,11-12H2,1H3/t16-/m1/s1. The number of carbonyl (C=O) groups is 1. The number of aryl methyl sites for hydroxylation is 1. The molecule has 1 heterocycles. The van der Waals surface area contributed by atoms with E-state index < -0.39 is 5.82 Å². The molecule has 132 valence electrons. The number of hydrogen-bond donors (Lipinski definition) is 0. The molecule has 4 nitrogen and oxygen atoms in total. The van der Waals surface area contributed by atoms with E-state index in [4.69, 9.17) is 21.1 Å². The van der Waals surface area contributed by atoms with Crippen molar-refractivity contribution >= 4 is 17.5 Å². The Kier molecular flexibility index (Phi) is 5.56. The summed E-state index contributed by atoms with van der Waals surface area (Å²) in [5, 5.41) is 0.00269. The first kappa shape index (κ1) is 17.7. The van der Waals surface area contributed by atoms with Gasteiger partial charge in [0.1, 0.15) is 24.3 Å². The van der Waals surface area contributed by atoms with Gasteiger partial charge >= 0.3 is 0 Å². The molecule has 1 aliphatic heterocycles. The molecule has 0 aliphatic carbocycles. The maximum atomic E-state index is 13.6. The molecular formula is C19H19ClFNO3. The zero-order valence-corrected chi connectivity index (χ0v) is 14.6. The van der Waals surface area contributed by atoms with E-state index >= 15 is 0 Å². The lowest BCUT2D eigenvalue weighted by Crippen LogP contribution is -2.47. The first-order valence-electron chi connectivity index (χ1n) is 8.08. The van der Waals surface area contributed by atoms with Gasteiger partial charge in [0.25, 0.3) is 5.91 Å². The Bertz CT molecular complexity index is 751. The van der Waals surface area contributed by atoms with Crippen LogP contribution in [0.2, 0.25) is 5.02 Å². The van der Waals surface area contributed by atoms with Gasteiger partial charge in [0, 0.05) is 12.1 Å². The van der Waals surface area contributed by atoms with Crippen molar-refractivity contribution in [2.75, 3.05) is 26.3 Å². The van der Waals surface area contributed by atoms with Crippen molar-refractivity contribution in [3.8, 4) is 5.75 Å². The lowest BCUT2D eigenvalue weighted by Gasteiger charge is -2.33. The van der Waals surface area contributed by atoms with Gasteiger partial charge in [-0.3, -0.25) is 4.79 Å². The summed E-state index contributed by atoms with van der Waals surface area (Å²) in [4.78, 5) is 14.2. The molecule has 2 aromatic rings. The molecule has 25 heavy (non-hydrogen) atoms. The van der Waals surface area contributed by atoms with Gasteiger partial charge in [0.2, 0.25) is 0 Å². The Labute approximate surface area is 151 Å². The van der Waals surface area contributed by atoms with Crippen LogP contribution in [-0.4, -0.2) is 43.2 Å². The van der Waals surface area contributed by atoms with E-state index in [1.807, 2.05) is 31.2 Å². The Morgan fingerprint density at radius 2 is 2.08 bits per heavy atom. The first-order chi connectivity index (χ1) is 12.0. The van der Waals surface area contributed by atoms with Crippen molar-refractivity contribution in [2.45, 2.75) is 13.0 Å². The molecule has 0 bridgehead atoms. The van der Waals surface area contributed by atoms with Crippen LogP contribution in [0.4, 0.5) is 4.39 Å². The van der Waals surface area contributed by atoms with E-state index in [2.05, 4.69) is 0 Å². The lowest BCUT2D eigenvalue weighted by atomic mass is 10.1. The number of hydrogen-bond acceptors (Lipinski definition) is 3. The van der Waals surface area contributed by atoms with Crippen molar-refractivity contribution in [1.82, 2.24) is 4.90 Å². The number of morpholine rings is 1. The largest absolute Gasteiger partial charge is 0.491 e. The number of benzene rings is 2. The molecule has 0 spiro atoms. The Morgan fingerprint density at radius 3 is 2.80 bits per heavy atom. The molecule has 0 N–H and O–H groups in total. The second-order valence-corrected chi connectivity index (χ2v) is 6.40. The number of carbonyl (C=O) groups excluding carboxylic acids is 1. The van der Waals surface area contributed by atoms with Crippen LogP contribution in [0.15, 0.2) is 42.5 Å². The fourth-order valence-corrected chi connectivity index (χ4v) is 2.76. The third kappa shape index (κ3) is 4.50. The molecule has 1 saturated heterocycles. The van der Waals surface area contributed by atoms with Gasteiger partial charge in [0.05, 0.1) is 18.2 Å². The minimum absolute atomic E-state index is 0.00269. The predicted molar refractivity (Wildman–Crippen MR) is 93.7 cm³/mol. The quantitative estimate of drug-likeness (QED) is 0.831. The molecule has 1 aliphatic rings. The van der Waals surface area contributed by atoms with E-state index in [0.29, 0.717) is 26.3 Å². The van der Waals surface area contributed by atoms with Crippen LogP contribution in [0, 0.1) is 12.7 Å². The number of rotatable bonds is 4. The van der Waals surface area contributed by atoms with Crippen molar-refractivity contribution in [3.63, 3.8) is 0 Å². The summed E-state index contributed by atoms with van der Waals surface area (Å²) in [5.41, 5.74) is 1.44. The van der Waals surface area contributed by atoms with E-state index in [-0.39, 0.29) is 22.6 Å². The fraction of sp³-hybridized carbons (Fsp3) is 0.316. The molecule has 0 unspecified atom stereocenters. The minimum Gasteiger partial charge on any atom is -0.491 e. The number of halogens is 2. The molecule has 3 rings (SSSR count). The van der Waals surface area contributed by atoms with Gasteiger partial charge in [0.15, 0.2) is 0 Å². The molecule has 0 radical (unpaired) electrons. The van der Waals surface area contributed by atoms with Gasteiger partial charge < -0.3 is 14.4 Å². The summed E-state index contributed by atoms with van der Waals surface area (Å²) in [6.07, 6.45) is -0.226. The summed E-state index contributed by atoms with van der Waals surface area (Å²) < 4.78 is 25.0. The van der Waals surface area contributed by atoms with Crippen molar-refractivity contribution in [1.29, 1.82) is 0 Å². The predicted octanol–water partition coefficient (Wildman–Crippen LogP) is 3.71. The van der Waals surface area contributed by atoms with Crippen LogP contribution >= 0.6 is 11.6 Å². The molecule has 1 fully saturated rings. The zero-order valence-electron chi connectivity index (χ0n) is 13.9. The van der Waals surface area contributed by atoms with Gasteiger partial charge in [-0.15, -0.1) is 0 Å². The SMILES string of the molecule is Cc1ccc(OC[C@H]2CN(C(=O)c3ccc(Cl)c(F)c3)CCO2)cc1. The molecule has 1 atom stereocenters. The van der Waals surface area contributed by atoms with Crippen LogP contribution < -0.4 is 4.74 Å². The summed E-state index contributed by atoms with van der Waals surface area (Å²) in [6.45, 7) is 3.64. The smallest absolute Gasteiger partial charge is 0.254 e. The lowest BCUT2D eigenvalue weighted by molar-refractivity contribution is -0.0401. The summed E-state index contributed by atoms with van der Waals surface area (Å²) in [6, 6.07) is 11.8. The molecule has 2 aromatic carbocycles. The second kappa shape index (κ2) is 7.85. The second-order valence-electron chi connectivity index (χ2n) is 6.00. The van der Waals surface area contributed by atoms with Crippen molar-refractivity contribution in [2.24, 2.45) is 0 Å². The molecule has 0 aromatic heterocycles. The van der Waals surface area contributed by atoms with Gasteiger partial charge in [-0.2, -0.15) is 0 Å². The zero-order chi connectivity index (χ0) is 17.8. The van der Waals surface area contributed by atoms with Crippen molar-refractivity contribution < 1.29 is 18.7 Å². The third-order valence-corrected chi connectivity index (χ3v) is 4.36. The van der Waals surface area contributed by atoms with Gasteiger partial charge in [-0.1, -0.05) is 29.3 Å². The normalized spacial score (nSPS) is 17.4. The van der Waals surface area contributed by atoms with Crippen LogP contribution in [0.5, 0.6) is 5.75 Å².